The van der Waals surface area contributed by atoms with E-state index < -0.39 is 0 Å². The molecule has 0 N–H and O–H groups in total. The number of hydrogen-bond donors (Lipinski definition) is 0. The summed E-state index contributed by atoms with van der Waals surface area (Å²) in [7, 11) is 0. The van der Waals surface area contributed by atoms with E-state index in [1.165, 1.54) is 104 Å². The minimum atomic E-state index is -0.120. The van der Waals surface area contributed by atoms with Crippen molar-refractivity contribution in [3.63, 3.8) is 0 Å². The average molecular weight is 636 g/mol. The second kappa shape index (κ2) is 9.94. The number of rotatable bonds is 3. The molecule has 0 atom stereocenters. The zero-order valence-corrected chi connectivity index (χ0v) is 28.0. The highest BCUT2D eigenvalue weighted by Gasteiger charge is 2.40. The topological polar surface area (TPSA) is 4.93 Å². The van der Waals surface area contributed by atoms with Crippen LogP contribution in [0.5, 0.6) is 0 Å². The van der Waals surface area contributed by atoms with Crippen molar-refractivity contribution in [1.82, 2.24) is 4.57 Å². The van der Waals surface area contributed by atoms with Crippen LogP contribution in [-0.2, 0) is 5.41 Å². The van der Waals surface area contributed by atoms with Crippen molar-refractivity contribution < 1.29 is 0 Å². The molecule has 1 aliphatic rings. The summed E-state index contributed by atoms with van der Waals surface area (Å²) in [4.78, 5) is 0. The first kappa shape index (κ1) is 27.7. The van der Waals surface area contributed by atoms with Crippen LogP contribution in [0.25, 0.3) is 93.2 Å². The van der Waals surface area contributed by atoms with Gasteiger partial charge in [-0.3, -0.25) is 0 Å². The third kappa shape index (κ3) is 3.67. The van der Waals surface area contributed by atoms with E-state index in [-0.39, 0.29) is 5.41 Å². The van der Waals surface area contributed by atoms with Crippen LogP contribution in [0.2, 0.25) is 0 Å². The predicted octanol–water partition coefficient (Wildman–Crippen LogP) is 13.3. The van der Waals surface area contributed by atoms with Crippen LogP contribution in [0.4, 0.5) is 0 Å². The first-order chi connectivity index (χ1) is 24.6. The van der Waals surface area contributed by atoms with Crippen LogP contribution in [0.3, 0.4) is 0 Å². The van der Waals surface area contributed by atoms with Crippen molar-refractivity contribution in [3.05, 3.63) is 175 Å². The normalized spacial score (nSPS) is 13.6. The summed E-state index contributed by atoms with van der Waals surface area (Å²) in [6, 6.07) is 61.0. The Hall–Kier alpha value is -6.18. The van der Waals surface area contributed by atoms with Crippen molar-refractivity contribution >= 4 is 54.0 Å². The van der Waals surface area contributed by atoms with Gasteiger partial charge in [0.25, 0.3) is 0 Å². The zero-order valence-electron chi connectivity index (χ0n) is 28.0. The lowest BCUT2D eigenvalue weighted by Crippen LogP contribution is -2.14. The Labute approximate surface area is 291 Å². The standard InChI is InChI=1S/C49H33N/c1-49(2)43-15-9-8-14-41(43)48-47(49)42-29-35(22-27-44(42)50(48)36-12-4-3-5-13-36)38-24-19-32-20-25-39-37(23-18-31-21-26-40(38)46(32)45(31)39)34-17-16-30-10-6-7-11-33(30)28-34/h3-29H,1-2H3. The van der Waals surface area contributed by atoms with Gasteiger partial charge in [0.1, 0.15) is 0 Å². The average Bonchev–Trinajstić information content (AvgIpc) is 3.63. The van der Waals surface area contributed by atoms with Crippen molar-refractivity contribution in [3.8, 4) is 39.2 Å². The Morgan fingerprint density at radius 2 is 1.00 bits per heavy atom. The third-order valence-electron chi connectivity index (χ3n) is 11.5. The molecule has 0 saturated heterocycles. The molecule has 0 amide bonds. The fraction of sp³-hybridized carbons (Fsp3) is 0.0612. The Kier molecular flexibility index (Phi) is 5.51. The molecule has 0 fully saturated rings. The number of hydrogen-bond acceptors (Lipinski definition) is 0. The van der Waals surface area contributed by atoms with E-state index in [1.54, 1.807) is 0 Å². The van der Waals surface area contributed by atoms with Gasteiger partial charge in [-0.05, 0) is 107 Å². The number of aromatic nitrogens is 1. The molecular weight excluding hydrogens is 603 g/mol. The summed E-state index contributed by atoms with van der Waals surface area (Å²) in [6.07, 6.45) is 0. The summed E-state index contributed by atoms with van der Waals surface area (Å²) in [5.74, 6) is 0. The third-order valence-corrected chi connectivity index (χ3v) is 11.5. The quantitative estimate of drug-likeness (QED) is 0.170. The Morgan fingerprint density at radius 3 is 1.74 bits per heavy atom. The van der Waals surface area contributed by atoms with Crippen molar-refractivity contribution in [2.24, 2.45) is 0 Å². The second-order valence-electron chi connectivity index (χ2n) is 14.5. The minimum Gasteiger partial charge on any atom is -0.309 e. The summed E-state index contributed by atoms with van der Waals surface area (Å²) in [5.41, 5.74) is 12.9. The second-order valence-corrected chi connectivity index (χ2v) is 14.5. The molecule has 10 aromatic rings. The minimum absolute atomic E-state index is 0.120. The monoisotopic (exact) mass is 635 g/mol. The molecule has 1 aliphatic carbocycles. The molecule has 0 radical (unpaired) electrons. The summed E-state index contributed by atoms with van der Waals surface area (Å²) < 4.78 is 2.49. The number of benzene rings is 9. The van der Waals surface area contributed by atoms with Gasteiger partial charge in [0.2, 0.25) is 0 Å². The van der Waals surface area contributed by atoms with Crippen LogP contribution in [-0.4, -0.2) is 4.57 Å². The molecule has 1 aromatic heterocycles. The molecule has 0 spiro atoms. The molecular formula is C49H33N. The summed E-state index contributed by atoms with van der Waals surface area (Å²) in [6.45, 7) is 4.78. The van der Waals surface area contributed by atoms with Gasteiger partial charge < -0.3 is 4.57 Å². The van der Waals surface area contributed by atoms with E-state index in [0.29, 0.717) is 0 Å². The lowest BCUT2D eigenvalue weighted by Gasteiger charge is -2.21. The molecule has 9 aromatic carbocycles. The number of para-hydroxylation sites is 1. The zero-order chi connectivity index (χ0) is 33.1. The number of nitrogens with zero attached hydrogens (tertiary/aromatic N) is 1. The Balaban J connectivity index is 1.16. The Bertz CT molecular complexity index is 2990. The molecule has 0 aliphatic heterocycles. The highest BCUT2D eigenvalue weighted by molar-refractivity contribution is 6.27. The van der Waals surface area contributed by atoms with Gasteiger partial charge in [0.05, 0.1) is 11.2 Å². The molecule has 1 heteroatoms. The molecule has 0 unspecified atom stereocenters. The van der Waals surface area contributed by atoms with Crippen molar-refractivity contribution in [1.29, 1.82) is 0 Å². The van der Waals surface area contributed by atoms with Gasteiger partial charge in [-0.2, -0.15) is 0 Å². The van der Waals surface area contributed by atoms with Crippen LogP contribution in [0.15, 0.2) is 164 Å². The molecule has 0 bridgehead atoms. The van der Waals surface area contributed by atoms with Gasteiger partial charge >= 0.3 is 0 Å². The van der Waals surface area contributed by atoms with Crippen LogP contribution < -0.4 is 0 Å². The maximum absolute atomic E-state index is 2.49. The highest BCUT2D eigenvalue weighted by Crippen LogP contribution is 2.54. The fourth-order valence-corrected chi connectivity index (χ4v) is 9.22. The van der Waals surface area contributed by atoms with Gasteiger partial charge in [0.15, 0.2) is 0 Å². The first-order valence-electron chi connectivity index (χ1n) is 17.6. The summed E-state index contributed by atoms with van der Waals surface area (Å²) in [5, 5.41) is 11.7. The Morgan fingerprint density at radius 1 is 0.420 bits per heavy atom. The van der Waals surface area contributed by atoms with Gasteiger partial charge in [-0.1, -0.05) is 147 Å². The van der Waals surface area contributed by atoms with E-state index in [2.05, 4.69) is 182 Å². The molecule has 234 valence electrons. The van der Waals surface area contributed by atoms with Crippen LogP contribution in [0, 0.1) is 0 Å². The highest BCUT2D eigenvalue weighted by atomic mass is 15.0. The van der Waals surface area contributed by atoms with Gasteiger partial charge in [-0.25, -0.2) is 0 Å². The molecule has 1 heterocycles. The largest absolute Gasteiger partial charge is 0.309 e. The van der Waals surface area contributed by atoms with Crippen LogP contribution in [0.1, 0.15) is 25.0 Å². The molecule has 1 nitrogen and oxygen atoms in total. The lowest BCUT2D eigenvalue weighted by atomic mass is 9.81. The van der Waals surface area contributed by atoms with E-state index in [1.807, 2.05) is 0 Å². The van der Waals surface area contributed by atoms with Gasteiger partial charge in [-0.15, -0.1) is 0 Å². The summed E-state index contributed by atoms with van der Waals surface area (Å²) >= 11 is 0. The van der Waals surface area contributed by atoms with E-state index in [4.69, 9.17) is 0 Å². The van der Waals surface area contributed by atoms with Crippen LogP contribution >= 0.6 is 0 Å². The first-order valence-corrected chi connectivity index (χ1v) is 17.6. The maximum Gasteiger partial charge on any atom is 0.0584 e. The van der Waals surface area contributed by atoms with Crippen molar-refractivity contribution in [2.45, 2.75) is 19.3 Å². The van der Waals surface area contributed by atoms with Crippen molar-refractivity contribution in [2.75, 3.05) is 0 Å². The van der Waals surface area contributed by atoms with E-state index in [9.17, 15) is 0 Å². The smallest absolute Gasteiger partial charge is 0.0584 e. The number of fused-ring (bicyclic) bond motifs is 6. The molecule has 11 rings (SSSR count). The molecule has 0 saturated carbocycles. The van der Waals surface area contributed by atoms with E-state index >= 15 is 0 Å². The van der Waals surface area contributed by atoms with E-state index in [0.717, 1.165) is 0 Å². The molecule has 50 heavy (non-hydrogen) atoms. The fourth-order valence-electron chi connectivity index (χ4n) is 9.22. The predicted molar refractivity (Wildman–Crippen MR) is 213 cm³/mol. The lowest BCUT2D eigenvalue weighted by molar-refractivity contribution is 0.666. The maximum atomic E-state index is 2.49. The van der Waals surface area contributed by atoms with Gasteiger partial charge in [0, 0.05) is 22.1 Å². The SMILES string of the molecule is CC1(C)c2ccccc2-c2c1c1cc(-c3ccc4ccc5c(-c6ccc7ccccc7c6)ccc6ccc3c4c65)ccc1n2-c1ccccc1.